The van der Waals surface area contributed by atoms with Gasteiger partial charge in [0.05, 0.1) is 0 Å². The summed E-state index contributed by atoms with van der Waals surface area (Å²) < 4.78 is 11.2. The molecule has 4 aromatic carbocycles. The zero-order valence-corrected chi connectivity index (χ0v) is 19.6. The SMILES string of the molecule is Oc1cccc(C2=N[C@@H](c3ccccc3)CO2)c1.Oc1cccc(C2=N[C@@H](c3ccccc3)CO2)c1. The lowest BCUT2D eigenvalue weighted by molar-refractivity contribution is 0.319. The summed E-state index contributed by atoms with van der Waals surface area (Å²) in [7, 11) is 0. The number of benzene rings is 4. The summed E-state index contributed by atoms with van der Waals surface area (Å²) in [5.41, 5.74) is 3.92. The van der Waals surface area contributed by atoms with Crippen LogP contribution in [0.2, 0.25) is 0 Å². The molecular formula is C30H26N2O4. The van der Waals surface area contributed by atoms with Crippen LogP contribution >= 0.6 is 0 Å². The van der Waals surface area contributed by atoms with Crippen LogP contribution in [0.25, 0.3) is 0 Å². The Bertz CT molecular complexity index is 1260. The quantitative estimate of drug-likeness (QED) is 0.387. The van der Waals surface area contributed by atoms with Gasteiger partial charge in [-0.3, -0.25) is 0 Å². The Kier molecular flexibility index (Phi) is 6.94. The summed E-state index contributed by atoms with van der Waals surface area (Å²) in [5.74, 6) is 1.64. The van der Waals surface area contributed by atoms with Crippen LogP contribution in [0.5, 0.6) is 11.5 Å². The third-order valence-corrected chi connectivity index (χ3v) is 5.86. The lowest BCUT2D eigenvalue weighted by Gasteiger charge is -2.03. The normalized spacial score (nSPS) is 18.2. The van der Waals surface area contributed by atoms with E-state index < -0.39 is 0 Å². The largest absolute Gasteiger partial charge is 0.508 e. The third kappa shape index (κ3) is 5.55. The van der Waals surface area contributed by atoms with Gasteiger partial charge in [0.25, 0.3) is 0 Å². The van der Waals surface area contributed by atoms with Gasteiger partial charge in [0, 0.05) is 11.1 Å². The molecule has 2 aliphatic rings. The van der Waals surface area contributed by atoms with Crippen molar-refractivity contribution < 1.29 is 19.7 Å². The summed E-state index contributed by atoms with van der Waals surface area (Å²) in [4.78, 5) is 9.11. The van der Waals surface area contributed by atoms with E-state index in [1.165, 1.54) is 0 Å². The molecule has 0 saturated heterocycles. The molecular weight excluding hydrogens is 452 g/mol. The molecule has 2 aliphatic heterocycles. The monoisotopic (exact) mass is 478 g/mol. The first-order chi connectivity index (χ1) is 17.7. The number of hydrogen-bond acceptors (Lipinski definition) is 6. The summed E-state index contributed by atoms with van der Waals surface area (Å²) in [6, 6.07) is 34.1. The average Bonchev–Trinajstić information content (AvgIpc) is 3.61. The number of phenols is 2. The number of rotatable bonds is 4. The number of aromatic hydroxyl groups is 2. The van der Waals surface area contributed by atoms with E-state index in [4.69, 9.17) is 9.47 Å². The molecule has 0 spiro atoms. The Morgan fingerprint density at radius 2 is 0.944 bits per heavy atom. The predicted octanol–water partition coefficient (Wildman–Crippen LogP) is 5.82. The highest BCUT2D eigenvalue weighted by Crippen LogP contribution is 2.27. The second kappa shape index (κ2) is 10.8. The van der Waals surface area contributed by atoms with Gasteiger partial charge in [-0.25, -0.2) is 9.98 Å². The minimum absolute atomic E-state index is 0.0450. The molecule has 0 saturated carbocycles. The van der Waals surface area contributed by atoms with E-state index in [-0.39, 0.29) is 23.6 Å². The highest BCUT2D eigenvalue weighted by molar-refractivity contribution is 5.96. The molecule has 0 aliphatic carbocycles. The van der Waals surface area contributed by atoms with Crippen LogP contribution in [0.1, 0.15) is 34.3 Å². The molecule has 0 radical (unpaired) electrons. The maximum absolute atomic E-state index is 9.45. The van der Waals surface area contributed by atoms with E-state index in [0.717, 1.165) is 22.3 Å². The molecule has 6 heteroatoms. The first-order valence-electron chi connectivity index (χ1n) is 11.8. The molecule has 36 heavy (non-hydrogen) atoms. The van der Waals surface area contributed by atoms with Crippen molar-refractivity contribution in [3.63, 3.8) is 0 Å². The number of hydrogen-bond donors (Lipinski definition) is 2. The van der Waals surface area contributed by atoms with Crippen LogP contribution in [0.4, 0.5) is 0 Å². The third-order valence-electron chi connectivity index (χ3n) is 5.86. The summed E-state index contributed by atoms with van der Waals surface area (Å²) in [6.07, 6.45) is 0. The zero-order valence-electron chi connectivity index (χ0n) is 19.6. The average molecular weight is 479 g/mol. The van der Waals surface area contributed by atoms with Gasteiger partial charge in [-0.15, -0.1) is 0 Å². The van der Waals surface area contributed by atoms with Gasteiger partial charge >= 0.3 is 0 Å². The minimum atomic E-state index is 0.0450. The first-order valence-corrected chi connectivity index (χ1v) is 11.8. The second-order valence-electron chi connectivity index (χ2n) is 8.44. The molecule has 0 bridgehead atoms. The van der Waals surface area contributed by atoms with Crippen molar-refractivity contribution in [1.29, 1.82) is 0 Å². The van der Waals surface area contributed by atoms with Gasteiger partial charge in [0.15, 0.2) is 0 Å². The smallest absolute Gasteiger partial charge is 0.217 e. The molecule has 0 fully saturated rings. The van der Waals surface area contributed by atoms with E-state index in [1.807, 2.05) is 72.8 Å². The fraction of sp³-hybridized carbons (Fsp3) is 0.133. The van der Waals surface area contributed by atoms with Crippen molar-refractivity contribution in [2.75, 3.05) is 13.2 Å². The number of aliphatic imine (C=N–C) groups is 2. The van der Waals surface area contributed by atoms with Crippen molar-refractivity contribution in [2.45, 2.75) is 12.1 Å². The Hall–Kier alpha value is -4.58. The molecule has 6 nitrogen and oxygen atoms in total. The van der Waals surface area contributed by atoms with Crippen molar-refractivity contribution in [3.8, 4) is 11.5 Å². The summed E-state index contributed by atoms with van der Waals surface area (Å²) >= 11 is 0. The van der Waals surface area contributed by atoms with Crippen LogP contribution in [0.15, 0.2) is 119 Å². The minimum Gasteiger partial charge on any atom is -0.508 e. The Morgan fingerprint density at radius 3 is 1.33 bits per heavy atom. The van der Waals surface area contributed by atoms with Crippen molar-refractivity contribution in [3.05, 3.63) is 131 Å². The zero-order chi connectivity index (χ0) is 24.7. The van der Waals surface area contributed by atoms with Crippen LogP contribution in [-0.4, -0.2) is 35.2 Å². The van der Waals surface area contributed by atoms with E-state index in [1.54, 1.807) is 36.4 Å². The maximum Gasteiger partial charge on any atom is 0.217 e. The number of ether oxygens (including phenoxy) is 2. The molecule has 2 heterocycles. The molecule has 180 valence electrons. The van der Waals surface area contributed by atoms with Crippen molar-refractivity contribution in [1.82, 2.24) is 0 Å². The molecule has 4 aromatic rings. The number of nitrogens with zero attached hydrogens (tertiary/aromatic N) is 2. The second-order valence-corrected chi connectivity index (χ2v) is 8.44. The van der Waals surface area contributed by atoms with Crippen molar-refractivity contribution >= 4 is 11.8 Å². The van der Waals surface area contributed by atoms with Crippen molar-refractivity contribution in [2.24, 2.45) is 9.98 Å². The highest BCUT2D eigenvalue weighted by Gasteiger charge is 2.22. The van der Waals surface area contributed by atoms with E-state index >= 15 is 0 Å². The van der Waals surface area contributed by atoms with Gasteiger partial charge in [-0.1, -0.05) is 72.8 Å². The molecule has 6 rings (SSSR count). The van der Waals surface area contributed by atoms with Gasteiger partial charge in [0.2, 0.25) is 11.8 Å². The van der Waals surface area contributed by atoms with Gasteiger partial charge < -0.3 is 19.7 Å². The lowest BCUT2D eigenvalue weighted by atomic mass is 10.1. The Balaban J connectivity index is 0.000000148. The first kappa shape index (κ1) is 23.2. The number of phenolic OH excluding ortho intramolecular Hbond substituents is 2. The van der Waals surface area contributed by atoms with Crippen LogP contribution in [-0.2, 0) is 9.47 Å². The Labute approximate surface area is 209 Å². The van der Waals surface area contributed by atoms with Crippen LogP contribution in [0.3, 0.4) is 0 Å². The Morgan fingerprint density at radius 1 is 0.528 bits per heavy atom. The molecule has 2 N–H and O–H groups in total. The highest BCUT2D eigenvalue weighted by atomic mass is 16.5. The fourth-order valence-electron chi connectivity index (χ4n) is 4.03. The molecule has 2 atom stereocenters. The van der Waals surface area contributed by atoms with Gasteiger partial charge in [-0.2, -0.15) is 0 Å². The summed E-state index contributed by atoms with van der Waals surface area (Å²) in [5, 5.41) is 18.9. The van der Waals surface area contributed by atoms with Gasteiger partial charge in [0.1, 0.15) is 36.8 Å². The lowest BCUT2D eigenvalue weighted by Crippen LogP contribution is -2.00. The standard InChI is InChI=1S/2C15H13NO2/c2*17-13-8-4-7-12(9-13)15-16-14(10-18-15)11-5-2-1-3-6-11/h2*1-9,14,17H,10H2/t2*14-/m11/s1. The molecule has 0 unspecified atom stereocenters. The maximum atomic E-state index is 9.45. The van der Waals surface area contributed by atoms with Crippen LogP contribution < -0.4 is 0 Å². The van der Waals surface area contributed by atoms with Gasteiger partial charge in [-0.05, 0) is 47.5 Å². The molecule has 0 amide bonds. The summed E-state index contributed by atoms with van der Waals surface area (Å²) in [6.45, 7) is 1.10. The fourth-order valence-corrected chi connectivity index (χ4v) is 4.03. The molecule has 0 aromatic heterocycles. The van der Waals surface area contributed by atoms with Crippen LogP contribution in [0, 0.1) is 0 Å². The van der Waals surface area contributed by atoms with E-state index in [0.29, 0.717) is 25.0 Å². The topological polar surface area (TPSA) is 83.6 Å². The predicted molar refractivity (Wildman–Crippen MR) is 140 cm³/mol. The van der Waals surface area contributed by atoms with E-state index in [2.05, 4.69) is 9.98 Å². The van der Waals surface area contributed by atoms with E-state index in [9.17, 15) is 10.2 Å².